The van der Waals surface area contributed by atoms with Gasteiger partial charge in [-0.15, -0.1) is 0 Å². The molecule has 0 aliphatic heterocycles. The molecule has 1 aromatic carbocycles. The number of carbonyl (C=O) groups excluding carboxylic acids is 2. The van der Waals surface area contributed by atoms with Gasteiger partial charge in [-0.3, -0.25) is 14.6 Å². The number of hydrogen-bond donors (Lipinski definition) is 1. The zero-order chi connectivity index (χ0) is 19.1. The highest BCUT2D eigenvalue weighted by Gasteiger charge is 2.22. The monoisotopic (exact) mass is 375 g/mol. The third-order valence-electron chi connectivity index (χ3n) is 4.74. The molecule has 6 heteroatoms. The Hall–Kier alpha value is -2.14. The highest BCUT2D eigenvalue weighted by atomic mass is 35.5. The van der Waals surface area contributed by atoms with Gasteiger partial charge in [0.1, 0.15) is 5.69 Å². The number of fused-ring (bicyclic) bond motifs is 1. The first-order valence-corrected chi connectivity index (χ1v) is 9.40. The van der Waals surface area contributed by atoms with Gasteiger partial charge in [0.2, 0.25) is 5.91 Å². The van der Waals surface area contributed by atoms with Crippen LogP contribution < -0.4 is 5.73 Å². The number of nitrogens with zero attached hydrogens (tertiary/aromatic N) is 2. The van der Waals surface area contributed by atoms with Crippen molar-refractivity contribution in [3.8, 4) is 0 Å². The van der Waals surface area contributed by atoms with Crippen LogP contribution in [-0.2, 0) is 4.79 Å². The summed E-state index contributed by atoms with van der Waals surface area (Å²) in [7, 11) is 1.90. The lowest BCUT2D eigenvalue weighted by Crippen LogP contribution is -2.33. The predicted molar refractivity (Wildman–Crippen MR) is 105 cm³/mol. The normalized spacial score (nSPS) is 14.4. The fraction of sp³-hybridized carbons (Fsp3) is 0.450. The first-order chi connectivity index (χ1) is 12.4. The third-order valence-corrected chi connectivity index (χ3v) is 4.98. The Morgan fingerprint density at radius 3 is 2.50 bits per heavy atom. The minimum atomic E-state index is -0.526. The number of amides is 2. The van der Waals surface area contributed by atoms with E-state index in [1.165, 1.54) is 19.3 Å². The molecular formula is C20H26ClN3O2. The van der Waals surface area contributed by atoms with E-state index in [4.69, 9.17) is 17.3 Å². The van der Waals surface area contributed by atoms with Crippen LogP contribution in [0.15, 0.2) is 30.5 Å². The second kappa shape index (κ2) is 9.53. The van der Waals surface area contributed by atoms with Crippen molar-refractivity contribution < 1.29 is 9.59 Å². The van der Waals surface area contributed by atoms with E-state index in [1.807, 2.05) is 24.9 Å². The van der Waals surface area contributed by atoms with Gasteiger partial charge in [-0.25, -0.2) is 0 Å². The lowest BCUT2D eigenvalue weighted by molar-refractivity contribution is -0.134. The molecule has 1 saturated carbocycles. The van der Waals surface area contributed by atoms with E-state index in [0.717, 1.165) is 30.2 Å². The summed E-state index contributed by atoms with van der Waals surface area (Å²) in [6.45, 7) is 2.87. The van der Waals surface area contributed by atoms with E-state index in [2.05, 4.69) is 4.98 Å². The number of primary amides is 1. The summed E-state index contributed by atoms with van der Waals surface area (Å²) in [6, 6.07) is 7.02. The molecule has 0 unspecified atom stereocenters. The molecule has 1 aromatic heterocycles. The Labute approximate surface area is 159 Å². The van der Waals surface area contributed by atoms with Crippen LogP contribution in [0.1, 0.15) is 49.5 Å². The summed E-state index contributed by atoms with van der Waals surface area (Å²) in [5.41, 5.74) is 5.37. The van der Waals surface area contributed by atoms with Gasteiger partial charge in [-0.05, 0) is 43.4 Å². The average molecular weight is 376 g/mol. The highest BCUT2D eigenvalue weighted by molar-refractivity contribution is 6.31. The van der Waals surface area contributed by atoms with Gasteiger partial charge in [-0.1, -0.05) is 36.9 Å². The van der Waals surface area contributed by atoms with Crippen LogP contribution >= 0.6 is 11.6 Å². The molecule has 0 saturated heterocycles. The molecule has 0 spiro atoms. The Balaban J connectivity index is 0.000000190. The lowest BCUT2D eigenvalue weighted by atomic mass is 9.88. The number of hydrogen-bond acceptors (Lipinski definition) is 3. The first-order valence-electron chi connectivity index (χ1n) is 9.02. The van der Waals surface area contributed by atoms with Crippen LogP contribution in [0.25, 0.3) is 10.8 Å². The van der Waals surface area contributed by atoms with Crippen molar-refractivity contribution in [3.63, 3.8) is 0 Å². The zero-order valence-corrected chi connectivity index (χ0v) is 16.1. The molecule has 26 heavy (non-hydrogen) atoms. The number of nitrogens with two attached hydrogens (primary N) is 1. The summed E-state index contributed by atoms with van der Waals surface area (Å²) in [4.78, 5) is 28.3. The van der Waals surface area contributed by atoms with Crippen molar-refractivity contribution in [1.82, 2.24) is 9.88 Å². The van der Waals surface area contributed by atoms with E-state index in [-0.39, 0.29) is 5.69 Å². The Kier molecular flexibility index (Phi) is 7.39. The summed E-state index contributed by atoms with van der Waals surface area (Å²) in [5.74, 6) is 0.169. The van der Waals surface area contributed by atoms with E-state index in [9.17, 15) is 9.59 Å². The molecule has 2 aromatic rings. The molecule has 2 amide bonds. The second-order valence-corrected chi connectivity index (χ2v) is 7.05. The summed E-state index contributed by atoms with van der Waals surface area (Å²) in [5, 5.41) is 2.44. The number of pyridine rings is 1. The maximum atomic E-state index is 11.7. The molecule has 0 radical (unpaired) electrons. The van der Waals surface area contributed by atoms with Gasteiger partial charge >= 0.3 is 0 Å². The van der Waals surface area contributed by atoms with Gasteiger partial charge in [0.05, 0.1) is 0 Å². The molecule has 140 valence electrons. The van der Waals surface area contributed by atoms with Gasteiger partial charge < -0.3 is 10.6 Å². The van der Waals surface area contributed by atoms with Gasteiger partial charge in [0.25, 0.3) is 5.91 Å². The largest absolute Gasteiger partial charge is 0.364 e. The maximum absolute atomic E-state index is 11.7. The number of halogens is 1. The quantitative estimate of drug-likeness (QED) is 0.879. The molecule has 0 atom stereocenters. The van der Waals surface area contributed by atoms with Crippen molar-refractivity contribution in [2.45, 2.75) is 39.0 Å². The Morgan fingerprint density at radius 1 is 1.19 bits per heavy atom. The molecule has 1 aliphatic rings. The van der Waals surface area contributed by atoms with Crippen LogP contribution in [-0.4, -0.2) is 35.3 Å². The number of rotatable bonds is 3. The van der Waals surface area contributed by atoms with Crippen molar-refractivity contribution in [1.29, 1.82) is 0 Å². The zero-order valence-electron chi connectivity index (χ0n) is 15.4. The fourth-order valence-electron chi connectivity index (χ4n) is 3.06. The Bertz CT molecular complexity index is 773. The van der Waals surface area contributed by atoms with Crippen LogP contribution in [0.2, 0.25) is 5.02 Å². The van der Waals surface area contributed by atoms with E-state index in [0.29, 0.717) is 16.8 Å². The van der Waals surface area contributed by atoms with Crippen LogP contribution in [0, 0.1) is 5.92 Å². The van der Waals surface area contributed by atoms with Gasteiger partial charge in [0.15, 0.2) is 0 Å². The molecule has 5 nitrogen and oxygen atoms in total. The van der Waals surface area contributed by atoms with Crippen LogP contribution in [0.3, 0.4) is 0 Å². The standard InChI is InChI=1S/C10H7ClN2O.C10H19NO/c11-8-2-1-6-4-9(10(12)14)13-5-7(6)3-8;1-3-11(2)10(12)9-7-5-4-6-8-9/h1-5H,(H2,12,14);9H,3-8H2,1-2H3. The summed E-state index contributed by atoms with van der Waals surface area (Å²) >= 11 is 5.80. The van der Waals surface area contributed by atoms with Crippen molar-refractivity contribution in [3.05, 3.63) is 41.2 Å². The molecule has 0 bridgehead atoms. The summed E-state index contributed by atoms with van der Waals surface area (Å²) < 4.78 is 0. The van der Waals surface area contributed by atoms with Crippen LogP contribution in [0.5, 0.6) is 0 Å². The lowest BCUT2D eigenvalue weighted by Gasteiger charge is -2.25. The molecule has 1 fully saturated rings. The summed E-state index contributed by atoms with van der Waals surface area (Å²) in [6.07, 6.45) is 7.62. The smallest absolute Gasteiger partial charge is 0.267 e. The first kappa shape index (κ1) is 20.2. The maximum Gasteiger partial charge on any atom is 0.267 e. The minimum Gasteiger partial charge on any atom is -0.364 e. The van der Waals surface area contributed by atoms with Crippen molar-refractivity contribution in [2.24, 2.45) is 11.7 Å². The third kappa shape index (κ3) is 5.43. The van der Waals surface area contributed by atoms with Gasteiger partial charge in [0, 0.05) is 36.1 Å². The molecule has 1 heterocycles. The SMILES string of the molecule is CCN(C)C(=O)C1CCCCC1.NC(=O)c1cc2ccc(Cl)cc2cn1. The highest BCUT2D eigenvalue weighted by Crippen LogP contribution is 2.24. The fourth-order valence-corrected chi connectivity index (χ4v) is 3.24. The predicted octanol–water partition coefficient (Wildman–Crippen LogP) is 4.03. The van der Waals surface area contributed by atoms with Crippen molar-refractivity contribution in [2.75, 3.05) is 13.6 Å². The van der Waals surface area contributed by atoms with E-state index < -0.39 is 5.91 Å². The Morgan fingerprint density at radius 2 is 1.88 bits per heavy atom. The van der Waals surface area contributed by atoms with E-state index >= 15 is 0 Å². The average Bonchev–Trinajstić information content (AvgIpc) is 2.67. The molecule has 1 aliphatic carbocycles. The second-order valence-electron chi connectivity index (χ2n) is 6.61. The molecule has 3 rings (SSSR count). The number of carbonyl (C=O) groups is 2. The molecule has 2 N–H and O–H groups in total. The topological polar surface area (TPSA) is 76.3 Å². The van der Waals surface area contributed by atoms with Crippen LogP contribution in [0.4, 0.5) is 0 Å². The van der Waals surface area contributed by atoms with Crippen molar-refractivity contribution >= 4 is 34.2 Å². The molecular weight excluding hydrogens is 350 g/mol. The van der Waals surface area contributed by atoms with E-state index in [1.54, 1.807) is 24.4 Å². The number of aromatic nitrogens is 1. The number of benzene rings is 1. The van der Waals surface area contributed by atoms with Gasteiger partial charge in [-0.2, -0.15) is 0 Å². The minimum absolute atomic E-state index is 0.264.